The van der Waals surface area contributed by atoms with Crippen molar-refractivity contribution >= 4 is 12.1 Å². The van der Waals surface area contributed by atoms with Crippen molar-refractivity contribution in [3.8, 4) is 0 Å². The van der Waals surface area contributed by atoms with Gasteiger partial charge in [0, 0.05) is 0 Å². The van der Waals surface area contributed by atoms with Gasteiger partial charge in [0.2, 0.25) is 0 Å². The van der Waals surface area contributed by atoms with Gasteiger partial charge in [-0.3, -0.25) is 5.32 Å². The van der Waals surface area contributed by atoms with Gasteiger partial charge < -0.3 is 9.47 Å². The van der Waals surface area contributed by atoms with E-state index in [2.05, 4.69) is 10.1 Å². The molecule has 1 amide bonds. The molecule has 0 heterocycles. The highest BCUT2D eigenvalue weighted by atomic mass is 16.6. The number of unbranched alkanes of at least 4 members (excludes halogenated alkanes) is 2. The highest BCUT2D eigenvalue weighted by molar-refractivity contribution is 5.92. The first-order valence-corrected chi connectivity index (χ1v) is 6.93. The maximum Gasteiger partial charge on any atom is 0.412 e. The lowest BCUT2D eigenvalue weighted by atomic mass is 10.2. The summed E-state index contributed by atoms with van der Waals surface area (Å²) < 4.78 is 9.69. The van der Waals surface area contributed by atoms with Crippen molar-refractivity contribution in [1.29, 1.82) is 0 Å². The Bertz CT molecular complexity index is 482. The van der Waals surface area contributed by atoms with E-state index in [9.17, 15) is 9.59 Å². The van der Waals surface area contributed by atoms with Crippen LogP contribution in [0.1, 0.15) is 31.7 Å². The van der Waals surface area contributed by atoms with Crippen molar-refractivity contribution in [2.24, 2.45) is 0 Å². The lowest BCUT2D eigenvalue weighted by Crippen LogP contribution is -2.28. The quantitative estimate of drug-likeness (QED) is 0.476. The fourth-order valence-corrected chi connectivity index (χ4v) is 1.62. The third-order valence-electron chi connectivity index (χ3n) is 2.76. The van der Waals surface area contributed by atoms with Crippen LogP contribution in [0.25, 0.3) is 0 Å². The Morgan fingerprint density at radius 3 is 2.57 bits per heavy atom. The Hall–Kier alpha value is -2.30. The Morgan fingerprint density at radius 1 is 1.24 bits per heavy atom. The zero-order chi connectivity index (χ0) is 15.5. The maximum atomic E-state index is 11.7. The molecule has 0 aliphatic rings. The number of allylic oxidation sites excluding steroid dienone is 1. The minimum absolute atomic E-state index is 0.115. The Kier molecular flexibility index (Phi) is 7.64. The first-order valence-electron chi connectivity index (χ1n) is 6.93. The predicted octanol–water partition coefficient (Wildman–Crippen LogP) is 3.16. The summed E-state index contributed by atoms with van der Waals surface area (Å²) in [4.78, 5) is 23.3. The summed E-state index contributed by atoms with van der Waals surface area (Å²) in [5.74, 6) is -0.581. The summed E-state index contributed by atoms with van der Waals surface area (Å²) in [5, 5.41) is 2.42. The number of carbonyl (C=O) groups is 2. The normalized spacial score (nSPS) is 10.9. The molecule has 0 aromatic heterocycles. The summed E-state index contributed by atoms with van der Waals surface area (Å²) in [7, 11) is 1.27. The molecule has 1 N–H and O–H groups in total. The average Bonchev–Trinajstić information content (AvgIpc) is 2.52. The molecule has 0 bridgehead atoms. The molecule has 0 atom stereocenters. The Balaban J connectivity index is 2.51. The number of esters is 1. The Labute approximate surface area is 124 Å². The van der Waals surface area contributed by atoms with Gasteiger partial charge in [-0.05, 0) is 18.4 Å². The summed E-state index contributed by atoms with van der Waals surface area (Å²) in [6.07, 6.45) is 3.61. The fraction of sp³-hybridized carbons (Fsp3) is 0.375. The highest BCUT2D eigenvalue weighted by Crippen LogP contribution is 2.04. The van der Waals surface area contributed by atoms with Crippen molar-refractivity contribution < 1.29 is 19.1 Å². The predicted molar refractivity (Wildman–Crippen MR) is 79.4 cm³/mol. The first-order chi connectivity index (χ1) is 10.2. The molecule has 0 aliphatic heterocycles. The smallest absolute Gasteiger partial charge is 0.412 e. The molecule has 1 rings (SSSR count). The molecular weight excluding hydrogens is 270 g/mol. The van der Waals surface area contributed by atoms with Crippen LogP contribution in [0.3, 0.4) is 0 Å². The van der Waals surface area contributed by atoms with E-state index in [0.29, 0.717) is 6.42 Å². The summed E-state index contributed by atoms with van der Waals surface area (Å²) in [6, 6.07) is 9.31. The number of hydrogen-bond acceptors (Lipinski definition) is 4. The number of benzene rings is 1. The van der Waals surface area contributed by atoms with Crippen molar-refractivity contribution in [1.82, 2.24) is 5.32 Å². The molecule has 0 unspecified atom stereocenters. The zero-order valence-electron chi connectivity index (χ0n) is 12.4. The summed E-state index contributed by atoms with van der Waals surface area (Å²) >= 11 is 0. The van der Waals surface area contributed by atoms with E-state index in [0.717, 1.165) is 18.4 Å². The van der Waals surface area contributed by atoms with Crippen LogP contribution in [-0.2, 0) is 20.9 Å². The number of carbonyl (C=O) groups excluding carboxylic acids is 2. The summed E-state index contributed by atoms with van der Waals surface area (Å²) in [5.41, 5.74) is 0.992. The van der Waals surface area contributed by atoms with Gasteiger partial charge in [-0.1, -0.05) is 49.8 Å². The highest BCUT2D eigenvalue weighted by Gasteiger charge is 2.13. The van der Waals surface area contributed by atoms with E-state index >= 15 is 0 Å². The molecule has 5 heteroatoms. The van der Waals surface area contributed by atoms with Crippen molar-refractivity contribution in [3.63, 3.8) is 0 Å². The van der Waals surface area contributed by atoms with Crippen LogP contribution >= 0.6 is 0 Å². The monoisotopic (exact) mass is 291 g/mol. The molecule has 0 aliphatic carbocycles. The molecule has 1 aromatic rings. The number of rotatable bonds is 7. The largest absolute Gasteiger partial charge is 0.464 e. The van der Waals surface area contributed by atoms with Crippen molar-refractivity contribution in [2.45, 2.75) is 32.8 Å². The zero-order valence-corrected chi connectivity index (χ0v) is 12.4. The van der Waals surface area contributed by atoms with Gasteiger partial charge in [0.25, 0.3) is 0 Å². The number of alkyl carbamates (subject to hydrolysis) is 1. The Morgan fingerprint density at radius 2 is 1.95 bits per heavy atom. The van der Waals surface area contributed by atoms with Crippen LogP contribution < -0.4 is 5.32 Å². The van der Waals surface area contributed by atoms with E-state index in [4.69, 9.17) is 4.74 Å². The van der Waals surface area contributed by atoms with Crippen LogP contribution in [-0.4, -0.2) is 19.2 Å². The van der Waals surface area contributed by atoms with E-state index in [1.165, 1.54) is 7.11 Å². The second-order valence-electron chi connectivity index (χ2n) is 4.44. The topological polar surface area (TPSA) is 64.6 Å². The van der Waals surface area contributed by atoms with Crippen LogP contribution in [0.2, 0.25) is 0 Å². The van der Waals surface area contributed by atoms with E-state index in [1.54, 1.807) is 6.08 Å². The molecule has 21 heavy (non-hydrogen) atoms. The van der Waals surface area contributed by atoms with Crippen LogP contribution in [0.4, 0.5) is 4.79 Å². The summed E-state index contributed by atoms with van der Waals surface area (Å²) in [6.45, 7) is 2.20. The number of methoxy groups -OCH3 is 1. The molecular formula is C16H21NO4. The van der Waals surface area contributed by atoms with Gasteiger partial charge in [-0.25, -0.2) is 9.59 Å². The third-order valence-corrected chi connectivity index (χ3v) is 2.76. The standard InChI is InChI=1S/C16H21NO4/c1-3-4-6-11-14(15(18)20-2)17-16(19)21-12-13-9-7-5-8-10-13/h5,7-11H,3-4,6,12H2,1-2H3,(H,17,19)/b14-11-. The van der Waals surface area contributed by atoms with E-state index in [1.807, 2.05) is 37.3 Å². The van der Waals surface area contributed by atoms with Crippen molar-refractivity contribution in [2.75, 3.05) is 7.11 Å². The minimum Gasteiger partial charge on any atom is -0.464 e. The average molecular weight is 291 g/mol. The van der Waals surface area contributed by atoms with E-state index in [-0.39, 0.29) is 12.3 Å². The van der Waals surface area contributed by atoms with E-state index < -0.39 is 12.1 Å². The molecule has 0 fully saturated rings. The van der Waals surface area contributed by atoms with Gasteiger partial charge in [0.15, 0.2) is 0 Å². The van der Waals surface area contributed by atoms with Crippen molar-refractivity contribution in [3.05, 3.63) is 47.7 Å². The minimum atomic E-state index is -0.674. The SMILES string of the molecule is CCCC/C=C(\NC(=O)OCc1ccccc1)C(=O)OC. The van der Waals surface area contributed by atoms with Crippen LogP contribution in [0.5, 0.6) is 0 Å². The van der Waals surface area contributed by atoms with Gasteiger partial charge in [-0.2, -0.15) is 0 Å². The van der Waals surface area contributed by atoms with Gasteiger partial charge >= 0.3 is 12.1 Å². The number of hydrogen-bond donors (Lipinski definition) is 1. The van der Waals surface area contributed by atoms with Crippen LogP contribution in [0, 0.1) is 0 Å². The molecule has 0 saturated carbocycles. The number of nitrogens with one attached hydrogen (secondary N) is 1. The molecule has 5 nitrogen and oxygen atoms in total. The first kappa shape index (κ1) is 16.8. The number of ether oxygens (including phenoxy) is 2. The third kappa shape index (κ3) is 6.61. The molecule has 0 spiro atoms. The lowest BCUT2D eigenvalue weighted by molar-refractivity contribution is -0.136. The molecule has 114 valence electrons. The second-order valence-corrected chi connectivity index (χ2v) is 4.44. The second kappa shape index (κ2) is 9.58. The molecule has 1 aromatic carbocycles. The molecule has 0 saturated heterocycles. The fourth-order valence-electron chi connectivity index (χ4n) is 1.62. The van der Waals surface area contributed by atoms with Crippen LogP contribution in [0.15, 0.2) is 42.1 Å². The van der Waals surface area contributed by atoms with Gasteiger partial charge in [0.05, 0.1) is 7.11 Å². The molecule has 0 radical (unpaired) electrons. The van der Waals surface area contributed by atoms with Gasteiger partial charge in [0.1, 0.15) is 12.3 Å². The number of amides is 1. The maximum absolute atomic E-state index is 11.7. The lowest BCUT2D eigenvalue weighted by Gasteiger charge is -2.09. The van der Waals surface area contributed by atoms with Gasteiger partial charge in [-0.15, -0.1) is 0 Å².